The number of nitriles is 2. The summed E-state index contributed by atoms with van der Waals surface area (Å²) in [5, 5.41) is 18.7. The van der Waals surface area contributed by atoms with E-state index in [-0.39, 0.29) is 29.1 Å². The predicted octanol–water partition coefficient (Wildman–Crippen LogP) is 2.11. The summed E-state index contributed by atoms with van der Waals surface area (Å²) in [7, 11) is 0. The molecule has 0 saturated carbocycles. The van der Waals surface area contributed by atoms with E-state index in [2.05, 4.69) is 17.5 Å². The summed E-state index contributed by atoms with van der Waals surface area (Å²) in [6.07, 6.45) is 7.38. The van der Waals surface area contributed by atoms with Gasteiger partial charge in [-0.15, -0.1) is 13.0 Å². The SMILES string of the molecule is C#CCOc1ccc(-c2c(C#N)c(N)[nH]c(=O)c2C#N)cc1CC=C. The highest BCUT2D eigenvalue weighted by Crippen LogP contribution is 2.32. The van der Waals surface area contributed by atoms with Crippen molar-refractivity contribution in [3.05, 3.63) is 57.9 Å². The van der Waals surface area contributed by atoms with Gasteiger partial charge >= 0.3 is 0 Å². The van der Waals surface area contributed by atoms with Crippen LogP contribution < -0.4 is 16.0 Å². The molecule has 6 nitrogen and oxygen atoms in total. The number of ether oxygens (including phenoxy) is 1. The fourth-order valence-corrected chi connectivity index (χ4v) is 2.44. The first kappa shape index (κ1) is 17.4. The quantitative estimate of drug-likeness (QED) is 0.643. The molecule has 6 heteroatoms. The van der Waals surface area contributed by atoms with Crippen molar-refractivity contribution < 1.29 is 4.74 Å². The number of hydrogen-bond acceptors (Lipinski definition) is 5. The lowest BCUT2D eigenvalue weighted by molar-refractivity contribution is 0.367. The smallest absolute Gasteiger partial charge is 0.268 e. The zero-order chi connectivity index (χ0) is 18.4. The van der Waals surface area contributed by atoms with Gasteiger partial charge in [0.25, 0.3) is 5.56 Å². The molecule has 0 radical (unpaired) electrons. The van der Waals surface area contributed by atoms with Crippen LogP contribution in [-0.4, -0.2) is 11.6 Å². The first-order valence-electron chi connectivity index (χ1n) is 7.23. The fourth-order valence-electron chi connectivity index (χ4n) is 2.44. The predicted molar refractivity (Wildman–Crippen MR) is 94.6 cm³/mol. The van der Waals surface area contributed by atoms with Crippen molar-refractivity contribution in [3.63, 3.8) is 0 Å². The molecule has 1 heterocycles. The van der Waals surface area contributed by atoms with Gasteiger partial charge in [-0.2, -0.15) is 10.5 Å². The minimum Gasteiger partial charge on any atom is -0.481 e. The molecule has 0 atom stereocenters. The third kappa shape index (κ3) is 3.37. The van der Waals surface area contributed by atoms with Gasteiger partial charge in [0.2, 0.25) is 0 Å². The Hall–Kier alpha value is -3.95. The molecule has 0 aliphatic heterocycles. The molecule has 0 amide bonds. The molecule has 0 fully saturated rings. The molecule has 1 aromatic heterocycles. The zero-order valence-electron chi connectivity index (χ0n) is 13.3. The number of terminal acetylenes is 1. The molecule has 0 spiro atoms. The number of nitrogens with one attached hydrogen (secondary N) is 1. The molecule has 0 aliphatic carbocycles. The van der Waals surface area contributed by atoms with Crippen molar-refractivity contribution in [1.29, 1.82) is 10.5 Å². The number of aromatic amines is 1. The summed E-state index contributed by atoms with van der Waals surface area (Å²) in [4.78, 5) is 14.3. The second-order valence-electron chi connectivity index (χ2n) is 5.02. The van der Waals surface area contributed by atoms with Crippen LogP contribution >= 0.6 is 0 Å². The van der Waals surface area contributed by atoms with Gasteiger partial charge in [-0.3, -0.25) is 4.79 Å². The van der Waals surface area contributed by atoms with E-state index in [1.54, 1.807) is 24.3 Å². The second kappa shape index (κ2) is 7.55. The molecule has 3 N–H and O–H groups in total. The third-order valence-corrected chi connectivity index (χ3v) is 3.49. The van der Waals surface area contributed by atoms with E-state index < -0.39 is 5.56 Å². The maximum Gasteiger partial charge on any atom is 0.268 e. The van der Waals surface area contributed by atoms with Crippen molar-refractivity contribution >= 4 is 5.82 Å². The van der Waals surface area contributed by atoms with Gasteiger partial charge in [0.05, 0.1) is 0 Å². The minimum atomic E-state index is -0.646. The van der Waals surface area contributed by atoms with Crippen LogP contribution in [-0.2, 0) is 6.42 Å². The Labute approximate surface area is 144 Å². The Bertz CT molecular complexity index is 1010. The highest BCUT2D eigenvalue weighted by molar-refractivity contribution is 5.80. The summed E-state index contributed by atoms with van der Waals surface area (Å²) < 4.78 is 5.48. The number of aromatic nitrogens is 1. The summed E-state index contributed by atoms with van der Waals surface area (Å²) in [6.45, 7) is 3.81. The number of benzene rings is 1. The van der Waals surface area contributed by atoms with Crippen LogP contribution in [0.3, 0.4) is 0 Å². The lowest BCUT2D eigenvalue weighted by Gasteiger charge is -2.13. The molecule has 0 bridgehead atoms. The van der Waals surface area contributed by atoms with Crippen molar-refractivity contribution in [3.8, 4) is 41.4 Å². The van der Waals surface area contributed by atoms with Gasteiger partial charge in [-0.05, 0) is 29.7 Å². The van der Waals surface area contributed by atoms with E-state index in [1.165, 1.54) is 0 Å². The fraction of sp³-hybridized carbons (Fsp3) is 0.105. The van der Waals surface area contributed by atoms with Gasteiger partial charge < -0.3 is 15.5 Å². The van der Waals surface area contributed by atoms with Crippen LogP contribution in [0.2, 0.25) is 0 Å². The van der Waals surface area contributed by atoms with Gasteiger partial charge in [-0.25, -0.2) is 0 Å². The molecule has 122 valence electrons. The van der Waals surface area contributed by atoms with Crippen LogP contribution in [0.5, 0.6) is 5.75 Å². The number of nitrogen functional groups attached to an aromatic ring is 1. The standard InChI is InChI=1S/C19H14N4O2/c1-3-5-12-9-13(6-7-16(12)25-8-4-2)17-14(10-20)18(22)23-19(24)15(17)11-21/h2-3,6-7,9H,1,5,8H2,(H3,22,23,24). The second-order valence-corrected chi connectivity index (χ2v) is 5.02. The van der Waals surface area contributed by atoms with Crippen molar-refractivity contribution in [2.75, 3.05) is 12.3 Å². The Morgan fingerprint density at radius 1 is 1.32 bits per heavy atom. The van der Waals surface area contributed by atoms with Crippen molar-refractivity contribution in [1.82, 2.24) is 4.98 Å². The number of H-pyrrole nitrogens is 1. The zero-order valence-corrected chi connectivity index (χ0v) is 13.3. The summed E-state index contributed by atoms with van der Waals surface area (Å²) in [5.41, 5.74) is 6.42. The summed E-state index contributed by atoms with van der Waals surface area (Å²) in [6, 6.07) is 8.82. The molecular weight excluding hydrogens is 316 g/mol. The molecule has 0 unspecified atom stereocenters. The van der Waals surface area contributed by atoms with Crippen LogP contribution in [0.15, 0.2) is 35.6 Å². The topological polar surface area (TPSA) is 116 Å². The molecule has 0 saturated heterocycles. The Morgan fingerprint density at radius 3 is 2.64 bits per heavy atom. The highest BCUT2D eigenvalue weighted by Gasteiger charge is 2.19. The van der Waals surface area contributed by atoms with E-state index in [4.69, 9.17) is 16.9 Å². The Kier molecular flexibility index (Phi) is 5.25. The molecule has 2 aromatic rings. The molecule has 1 aromatic carbocycles. The minimum absolute atomic E-state index is 0.0398. The average Bonchev–Trinajstić information content (AvgIpc) is 2.60. The van der Waals surface area contributed by atoms with Gasteiger partial charge in [0.1, 0.15) is 41.4 Å². The first-order chi connectivity index (χ1) is 12.1. The number of allylic oxidation sites excluding steroid dienone is 1. The van der Waals surface area contributed by atoms with Crippen LogP contribution in [0.1, 0.15) is 16.7 Å². The van der Waals surface area contributed by atoms with E-state index in [9.17, 15) is 15.3 Å². The molecule has 0 aliphatic rings. The summed E-state index contributed by atoms with van der Waals surface area (Å²) in [5.74, 6) is 2.87. The Balaban J connectivity index is 2.75. The monoisotopic (exact) mass is 330 g/mol. The number of hydrogen-bond donors (Lipinski definition) is 2. The van der Waals surface area contributed by atoms with E-state index in [0.29, 0.717) is 17.7 Å². The van der Waals surface area contributed by atoms with E-state index in [0.717, 1.165) is 5.56 Å². The molecular formula is C19H14N4O2. The lowest BCUT2D eigenvalue weighted by atomic mass is 9.94. The molecule has 25 heavy (non-hydrogen) atoms. The number of nitrogens with zero attached hydrogens (tertiary/aromatic N) is 2. The van der Waals surface area contributed by atoms with Crippen LogP contribution in [0.25, 0.3) is 11.1 Å². The third-order valence-electron chi connectivity index (χ3n) is 3.49. The van der Waals surface area contributed by atoms with Crippen LogP contribution in [0.4, 0.5) is 5.82 Å². The largest absolute Gasteiger partial charge is 0.481 e. The number of nitrogens with two attached hydrogens (primary N) is 1. The maximum atomic E-state index is 12.0. The number of anilines is 1. The van der Waals surface area contributed by atoms with Crippen LogP contribution in [0, 0.1) is 35.0 Å². The normalized spacial score (nSPS) is 9.48. The van der Waals surface area contributed by atoms with Gasteiger partial charge in [0, 0.05) is 5.56 Å². The number of rotatable bonds is 5. The molecule has 2 rings (SSSR count). The van der Waals surface area contributed by atoms with Gasteiger partial charge in [0.15, 0.2) is 0 Å². The summed E-state index contributed by atoms with van der Waals surface area (Å²) >= 11 is 0. The maximum absolute atomic E-state index is 12.0. The average molecular weight is 330 g/mol. The lowest BCUT2D eigenvalue weighted by Crippen LogP contribution is -2.16. The highest BCUT2D eigenvalue weighted by atomic mass is 16.5. The number of pyridine rings is 1. The Morgan fingerprint density at radius 2 is 2.04 bits per heavy atom. The van der Waals surface area contributed by atoms with Gasteiger partial charge in [-0.1, -0.05) is 18.1 Å². The van der Waals surface area contributed by atoms with Crippen molar-refractivity contribution in [2.45, 2.75) is 6.42 Å². The van der Waals surface area contributed by atoms with E-state index >= 15 is 0 Å². The van der Waals surface area contributed by atoms with E-state index in [1.807, 2.05) is 12.1 Å². The van der Waals surface area contributed by atoms with Crippen molar-refractivity contribution in [2.24, 2.45) is 0 Å². The first-order valence-corrected chi connectivity index (χ1v) is 7.23.